The first-order chi connectivity index (χ1) is 16.3. The highest BCUT2D eigenvalue weighted by Crippen LogP contribution is 2.38. The van der Waals surface area contributed by atoms with Gasteiger partial charge in [-0.2, -0.15) is 0 Å². The number of hydrogen-bond acceptors (Lipinski definition) is 7. The molecule has 1 aliphatic heterocycles. The van der Waals surface area contributed by atoms with E-state index in [1.165, 1.54) is 45.3 Å². The number of amidine groups is 1. The van der Waals surface area contributed by atoms with Crippen molar-refractivity contribution in [1.82, 2.24) is 9.97 Å². The molecule has 10 heteroatoms. The van der Waals surface area contributed by atoms with Crippen LogP contribution in [0.25, 0.3) is 11.9 Å². The fourth-order valence-corrected chi connectivity index (χ4v) is 5.25. The van der Waals surface area contributed by atoms with E-state index >= 15 is 0 Å². The van der Waals surface area contributed by atoms with Gasteiger partial charge in [0.05, 0.1) is 18.1 Å². The van der Waals surface area contributed by atoms with Gasteiger partial charge in [0.15, 0.2) is 21.8 Å². The number of aromatic nitrogens is 2. The van der Waals surface area contributed by atoms with Gasteiger partial charge >= 0.3 is 0 Å². The van der Waals surface area contributed by atoms with Crippen molar-refractivity contribution in [2.75, 3.05) is 5.75 Å². The van der Waals surface area contributed by atoms with Crippen LogP contribution in [-0.2, 0) is 15.4 Å². The molecule has 0 bridgehead atoms. The summed E-state index contributed by atoms with van der Waals surface area (Å²) in [5, 5.41) is 0. The molecular formula is C25H28F2N4O3S. The molecule has 35 heavy (non-hydrogen) atoms. The minimum absolute atomic E-state index is 0.00134. The Bertz CT molecular complexity index is 1340. The summed E-state index contributed by atoms with van der Waals surface area (Å²) >= 11 is 0. The summed E-state index contributed by atoms with van der Waals surface area (Å²) in [6.07, 6.45) is 3.98. The molecule has 2 aromatic rings. The van der Waals surface area contributed by atoms with Crippen molar-refractivity contribution in [1.29, 1.82) is 0 Å². The van der Waals surface area contributed by atoms with Gasteiger partial charge in [0, 0.05) is 5.56 Å². The van der Waals surface area contributed by atoms with Crippen molar-refractivity contribution in [3.8, 4) is 17.7 Å². The second kappa shape index (κ2) is 9.74. The van der Waals surface area contributed by atoms with E-state index in [0.717, 1.165) is 12.1 Å². The molecule has 0 radical (unpaired) electrons. The third-order valence-electron chi connectivity index (χ3n) is 5.91. The normalized spacial score (nSPS) is 21.9. The number of nitrogens with zero attached hydrogens (tertiary/aromatic N) is 3. The van der Waals surface area contributed by atoms with Crippen molar-refractivity contribution in [2.45, 2.75) is 57.4 Å². The maximum Gasteiger partial charge on any atom is 0.233 e. The van der Waals surface area contributed by atoms with Gasteiger partial charge in [-0.3, -0.25) is 4.99 Å². The highest BCUT2D eigenvalue weighted by molar-refractivity contribution is 7.93. The molecule has 2 heterocycles. The third kappa shape index (κ3) is 5.35. The van der Waals surface area contributed by atoms with E-state index in [0.29, 0.717) is 12.0 Å². The van der Waals surface area contributed by atoms with Gasteiger partial charge in [-0.25, -0.2) is 27.2 Å². The summed E-state index contributed by atoms with van der Waals surface area (Å²) in [6, 6.07) is 3.87. The van der Waals surface area contributed by atoms with E-state index < -0.39 is 37.5 Å². The number of hydrogen-bond donors (Lipinski definition) is 1. The molecule has 0 saturated carbocycles. The standard InChI is InChI=1S/C25H28F2N4O3S/c1-6-8-17(7-2)34-22-14-29-21(13-30-22)20(27)12-16-9-10-19(26)18(11-16)25(5)15-35(32,33)24(3,4)23(28)31-25/h9-14,17H,7,15H2,1-5H3,(H2,28,31)/b20-12-/t17-,25+/m1/s1. The van der Waals surface area contributed by atoms with Gasteiger partial charge in [0.25, 0.3) is 0 Å². The molecule has 1 aromatic carbocycles. The Balaban J connectivity index is 1.92. The van der Waals surface area contributed by atoms with E-state index in [1.54, 1.807) is 6.92 Å². The predicted molar refractivity (Wildman–Crippen MR) is 132 cm³/mol. The molecule has 1 aromatic heterocycles. The molecule has 0 amide bonds. The van der Waals surface area contributed by atoms with Crippen LogP contribution in [-0.4, -0.2) is 40.8 Å². The Labute approximate surface area is 204 Å². The Hall–Kier alpha value is -3.32. The van der Waals surface area contributed by atoms with Crippen molar-refractivity contribution in [3.63, 3.8) is 0 Å². The number of sulfone groups is 1. The second-order valence-corrected chi connectivity index (χ2v) is 11.5. The number of ether oxygens (including phenoxy) is 1. The molecule has 3 rings (SSSR count). The predicted octanol–water partition coefficient (Wildman–Crippen LogP) is 4.04. The Kier molecular flexibility index (Phi) is 7.31. The van der Waals surface area contributed by atoms with Crippen LogP contribution in [0.15, 0.2) is 35.6 Å². The highest BCUT2D eigenvalue weighted by atomic mass is 32.2. The maximum atomic E-state index is 14.9. The summed E-state index contributed by atoms with van der Waals surface area (Å²) < 4.78 is 59.6. The first-order valence-electron chi connectivity index (χ1n) is 11.0. The molecular weight excluding hydrogens is 474 g/mol. The average molecular weight is 503 g/mol. The fraction of sp³-hybridized carbons (Fsp3) is 0.400. The third-order valence-corrected chi connectivity index (χ3v) is 8.61. The number of halogens is 2. The van der Waals surface area contributed by atoms with Crippen molar-refractivity contribution in [2.24, 2.45) is 10.7 Å². The van der Waals surface area contributed by atoms with Crippen LogP contribution >= 0.6 is 0 Å². The van der Waals surface area contributed by atoms with Gasteiger partial charge < -0.3 is 10.5 Å². The molecule has 1 aliphatic rings. The monoisotopic (exact) mass is 502 g/mol. The van der Waals surface area contributed by atoms with E-state index in [4.69, 9.17) is 10.5 Å². The molecule has 0 spiro atoms. The smallest absolute Gasteiger partial charge is 0.233 e. The topological polar surface area (TPSA) is 108 Å². The summed E-state index contributed by atoms with van der Waals surface area (Å²) in [5.74, 6) is 3.95. The van der Waals surface area contributed by atoms with Crippen LogP contribution in [0.4, 0.5) is 8.78 Å². The first kappa shape index (κ1) is 26.3. The Morgan fingerprint density at radius 2 is 2.00 bits per heavy atom. The van der Waals surface area contributed by atoms with E-state index in [9.17, 15) is 17.2 Å². The number of nitrogens with two attached hydrogens (primary N) is 1. The largest absolute Gasteiger partial charge is 0.460 e. The van der Waals surface area contributed by atoms with E-state index in [-0.39, 0.29) is 29.1 Å². The SMILES string of the molecule is CC#C[C@@H](CC)Oc1cnc(/C(F)=C/c2ccc(F)c([C@]3(C)CS(=O)(=O)C(C)(C)C(N)=N3)c2)cn1. The molecule has 0 fully saturated rings. The Morgan fingerprint density at radius 3 is 2.57 bits per heavy atom. The van der Waals surface area contributed by atoms with Crippen molar-refractivity contribution < 1.29 is 21.9 Å². The van der Waals surface area contributed by atoms with Gasteiger partial charge in [-0.15, -0.1) is 5.92 Å². The summed E-state index contributed by atoms with van der Waals surface area (Å²) in [5.41, 5.74) is 4.74. The number of rotatable bonds is 6. The van der Waals surface area contributed by atoms with Gasteiger partial charge in [-0.05, 0) is 57.9 Å². The van der Waals surface area contributed by atoms with Crippen LogP contribution in [0, 0.1) is 17.7 Å². The minimum Gasteiger partial charge on any atom is -0.460 e. The van der Waals surface area contributed by atoms with E-state index in [1.807, 2.05) is 6.92 Å². The van der Waals surface area contributed by atoms with Crippen LogP contribution in [0.5, 0.6) is 5.88 Å². The highest BCUT2D eigenvalue weighted by Gasteiger charge is 2.49. The molecule has 186 valence electrons. The molecule has 2 atom stereocenters. The van der Waals surface area contributed by atoms with Gasteiger partial charge in [0.1, 0.15) is 27.6 Å². The second-order valence-electron chi connectivity index (χ2n) is 8.92. The molecule has 0 saturated heterocycles. The summed E-state index contributed by atoms with van der Waals surface area (Å²) in [7, 11) is -3.73. The lowest BCUT2D eigenvalue weighted by atomic mass is 9.91. The number of benzene rings is 1. The molecule has 0 unspecified atom stereocenters. The van der Waals surface area contributed by atoms with Crippen LogP contribution < -0.4 is 10.5 Å². The molecule has 2 N–H and O–H groups in total. The summed E-state index contributed by atoms with van der Waals surface area (Å²) in [4.78, 5) is 12.5. The first-order valence-corrected chi connectivity index (χ1v) is 12.6. The summed E-state index contributed by atoms with van der Waals surface area (Å²) in [6.45, 7) is 8.04. The lowest BCUT2D eigenvalue weighted by Crippen LogP contribution is -2.55. The van der Waals surface area contributed by atoms with E-state index in [2.05, 4.69) is 26.8 Å². The van der Waals surface area contributed by atoms with Crippen molar-refractivity contribution in [3.05, 3.63) is 53.2 Å². The lowest BCUT2D eigenvalue weighted by Gasteiger charge is -2.38. The van der Waals surface area contributed by atoms with Gasteiger partial charge in [-0.1, -0.05) is 18.9 Å². The average Bonchev–Trinajstić information content (AvgIpc) is 2.79. The lowest BCUT2D eigenvalue weighted by molar-refractivity contribution is 0.243. The zero-order valence-corrected chi connectivity index (χ0v) is 21.1. The minimum atomic E-state index is -3.73. The van der Waals surface area contributed by atoms with Crippen LogP contribution in [0.2, 0.25) is 0 Å². The van der Waals surface area contributed by atoms with Gasteiger partial charge in [0.2, 0.25) is 5.88 Å². The van der Waals surface area contributed by atoms with Crippen LogP contribution in [0.3, 0.4) is 0 Å². The Morgan fingerprint density at radius 1 is 1.29 bits per heavy atom. The zero-order chi connectivity index (χ0) is 26.0. The molecule has 0 aliphatic carbocycles. The fourth-order valence-electron chi connectivity index (χ4n) is 3.57. The van der Waals surface area contributed by atoms with Crippen LogP contribution in [0.1, 0.15) is 57.9 Å². The quantitative estimate of drug-likeness (QED) is 0.598. The maximum absolute atomic E-state index is 14.9. The zero-order valence-electron chi connectivity index (χ0n) is 20.3. The van der Waals surface area contributed by atoms with Crippen molar-refractivity contribution >= 4 is 27.6 Å². The molecule has 7 nitrogen and oxygen atoms in total. The number of aliphatic imine (C=N–C) groups is 1.